The third-order valence-corrected chi connectivity index (χ3v) is 5.13. The predicted octanol–water partition coefficient (Wildman–Crippen LogP) is 4.43. The number of nitrogens with zero attached hydrogens (tertiary/aromatic N) is 2. The molecule has 0 fully saturated rings. The summed E-state index contributed by atoms with van der Waals surface area (Å²) >= 11 is 3.44. The number of hydrogen-bond donors (Lipinski definition) is 1. The Morgan fingerprint density at radius 3 is 2.76 bits per heavy atom. The summed E-state index contributed by atoms with van der Waals surface area (Å²) in [5, 5.41) is 7.84. The van der Waals surface area contributed by atoms with Crippen LogP contribution in [-0.4, -0.2) is 9.97 Å². The minimum Gasteiger partial charge on any atom is -0.302 e. The van der Waals surface area contributed by atoms with E-state index in [0.29, 0.717) is 0 Å². The Kier molecular flexibility index (Phi) is 4.43. The molecule has 1 unspecified atom stereocenters. The Morgan fingerprint density at radius 1 is 1.24 bits per heavy atom. The molecule has 2 aromatic heterocycles. The van der Waals surface area contributed by atoms with Crippen molar-refractivity contribution in [2.75, 3.05) is 0 Å². The van der Waals surface area contributed by atoms with Gasteiger partial charge in [0.1, 0.15) is 10.0 Å². The molecule has 1 N–H and O–H groups in total. The van der Waals surface area contributed by atoms with E-state index in [1.807, 2.05) is 24.4 Å². The van der Waals surface area contributed by atoms with Crippen molar-refractivity contribution < 1.29 is 0 Å². The Labute approximate surface area is 132 Å². The van der Waals surface area contributed by atoms with Gasteiger partial charge in [0.15, 0.2) is 0 Å². The second-order valence-electron chi connectivity index (χ2n) is 4.90. The first-order valence-electron chi connectivity index (χ1n) is 6.88. The van der Waals surface area contributed by atoms with Crippen LogP contribution in [-0.2, 0) is 6.54 Å². The summed E-state index contributed by atoms with van der Waals surface area (Å²) in [4.78, 5) is 10.4. The van der Waals surface area contributed by atoms with Crippen LogP contribution in [0.2, 0.25) is 0 Å². The van der Waals surface area contributed by atoms with E-state index >= 15 is 0 Å². The molecule has 3 nitrogen and oxygen atoms in total. The number of benzene rings is 1. The van der Waals surface area contributed by atoms with Crippen molar-refractivity contribution in [3.05, 3.63) is 56.8 Å². The van der Waals surface area contributed by atoms with Crippen LogP contribution in [0.3, 0.4) is 0 Å². The van der Waals surface area contributed by atoms with E-state index in [-0.39, 0.29) is 6.04 Å². The Bertz CT molecular complexity index is 703. The number of rotatable bonds is 5. The number of aryl methyl sites for hydroxylation is 1. The van der Waals surface area contributed by atoms with Gasteiger partial charge in [-0.2, -0.15) is 0 Å². The van der Waals surface area contributed by atoms with Crippen LogP contribution in [0.5, 0.6) is 0 Å². The molecule has 0 spiro atoms. The Balaban J connectivity index is 1.63. The lowest BCUT2D eigenvalue weighted by Gasteiger charge is -2.09. The Hall–Kier alpha value is -1.56. The van der Waals surface area contributed by atoms with Crippen molar-refractivity contribution >= 4 is 22.7 Å². The number of thiazole rings is 2. The van der Waals surface area contributed by atoms with Gasteiger partial charge in [0.25, 0.3) is 0 Å². The van der Waals surface area contributed by atoms with E-state index in [4.69, 9.17) is 4.98 Å². The van der Waals surface area contributed by atoms with Gasteiger partial charge in [0, 0.05) is 28.6 Å². The smallest absolute Gasteiger partial charge is 0.109 e. The summed E-state index contributed by atoms with van der Waals surface area (Å²) in [6.07, 6.45) is 1.93. The van der Waals surface area contributed by atoms with Crippen molar-refractivity contribution in [2.45, 2.75) is 26.4 Å². The Morgan fingerprint density at radius 2 is 2.05 bits per heavy atom. The van der Waals surface area contributed by atoms with Crippen LogP contribution in [0.4, 0.5) is 0 Å². The summed E-state index contributed by atoms with van der Waals surface area (Å²) in [6.45, 7) is 5.00. The molecule has 21 heavy (non-hydrogen) atoms. The van der Waals surface area contributed by atoms with E-state index in [9.17, 15) is 0 Å². The minimum absolute atomic E-state index is 0.257. The first kappa shape index (κ1) is 14.4. The van der Waals surface area contributed by atoms with Crippen LogP contribution < -0.4 is 5.32 Å². The second kappa shape index (κ2) is 6.47. The van der Waals surface area contributed by atoms with Gasteiger partial charge in [-0.25, -0.2) is 9.97 Å². The summed E-state index contributed by atoms with van der Waals surface area (Å²) in [5.74, 6) is 0. The van der Waals surface area contributed by atoms with E-state index in [1.165, 1.54) is 10.4 Å². The minimum atomic E-state index is 0.257. The number of aromatic nitrogens is 2. The largest absolute Gasteiger partial charge is 0.302 e. The molecule has 0 amide bonds. The predicted molar refractivity (Wildman–Crippen MR) is 89.7 cm³/mol. The highest BCUT2D eigenvalue weighted by Gasteiger charge is 2.10. The zero-order valence-electron chi connectivity index (χ0n) is 12.0. The maximum Gasteiger partial charge on any atom is 0.109 e. The molecule has 2 heterocycles. The lowest BCUT2D eigenvalue weighted by Crippen LogP contribution is -2.17. The molecule has 1 aromatic carbocycles. The van der Waals surface area contributed by atoms with E-state index in [0.717, 1.165) is 22.3 Å². The highest BCUT2D eigenvalue weighted by Crippen LogP contribution is 2.23. The molecule has 1 atom stereocenters. The van der Waals surface area contributed by atoms with Gasteiger partial charge >= 0.3 is 0 Å². The maximum absolute atomic E-state index is 4.69. The van der Waals surface area contributed by atoms with E-state index < -0.39 is 0 Å². The van der Waals surface area contributed by atoms with Crippen molar-refractivity contribution in [1.29, 1.82) is 0 Å². The molecule has 3 aromatic rings. The summed E-state index contributed by atoms with van der Waals surface area (Å²) in [6, 6.07) is 10.5. The fourth-order valence-corrected chi connectivity index (χ4v) is 3.59. The molecule has 0 aliphatic carbocycles. The third-order valence-electron chi connectivity index (χ3n) is 3.19. The molecule has 0 aliphatic rings. The van der Waals surface area contributed by atoms with E-state index in [2.05, 4.69) is 41.7 Å². The molecule has 0 saturated carbocycles. The SMILES string of the molecule is Cc1cnc(C(C)NCc2nc(-c3ccccc3)cs2)s1. The fourth-order valence-electron chi connectivity index (χ4n) is 2.03. The summed E-state index contributed by atoms with van der Waals surface area (Å²) < 4.78 is 0. The van der Waals surface area contributed by atoms with E-state index in [1.54, 1.807) is 22.7 Å². The van der Waals surface area contributed by atoms with Crippen LogP contribution >= 0.6 is 22.7 Å². The highest BCUT2D eigenvalue weighted by atomic mass is 32.1. The second-order valence-corrected chi connectivity index (χ2v) is 7.11. The van der Waals surface area contributed by atoms with Crippen molar-refractivity contribution in [2.24, 2.45) is 0 Å². The van der Waals surface area contributed by atoms with Crippen LogP contribution in [0.15, 0.2) is 41.9 Å². The topological polar surface area (TPSA) is 37.8 Å². The standard InChI is InChI=1S/C16H17N3S2/c1-11-8-18-16(21-11)12(2)17-9-15-19-14(10-20-15)13-6-4-3-5-7-13/h3-8,10,12,17H,9H2,1-2H3. The number of nitrogens with one attached hydrogen (secondary N) is 1. The molecule has 0 bridgehead atoms. The summed E-state index contributed by atoms with van der Waals surface area (Å²) in [7, 11) is 0. The van der Waals surface area contributed by atoms with Crippen LogP contribution in [0, 0.1) is 6.92 Å². The lowest BCUT2D eigenvalue weighted by atomic mass is 10.2. The van der Waals surface area contributed by atoms with Crippen molar-refractivity contribution in [3.8, 4) is 11.3 Å². The van der Waals surface area contributed by atoms with Gasteiger partial charge in [-0.15, -0.1) is 22.7 Å². The van der Waals surface area contributed by atoms with Gasteiger partial charge in [0.05, 0.1) is 11.7 Å². The third kappa shape index (κ3) is 3.56. The zero-order chi connectivity index (χ0) is 14.7. The van der Waals surface area contributed by atoms with Crippen molar-refractivity contribution in [1.82, 2.24) is 15.3 Å². The van der Waals surface area contributed by atoms with Gasteiger partial charge in [-0.05, 0) is 13.8 Å². The average molecular weight is 315 g/mol. The van der Waals surface area contributed by atoms with Crippen LogP contribution in [0.1, 0.15) is 27.9 Å². The van der Waals surface area contributed by atoms with Gasteiger partial charge < -0.3 is 5.32 Å². The molecule has 3 rings (SSSR count). The van der Waals surface area contributed by atoms with Gasteiger partial charge in [-0.3, -0.25) is 0 Å². The van der Waals surface area contributed by atoms with Gasteiger partial charge in [0.2, 0.25) is 0 Å². The van der Waals surface area contributed by atoms with Crippen molar-refractivity contribution in [3.63, 3.8) is 0 Å². The number of hydrogen-bond acceptors (Lipinski definition) is 5. The molecular weight excluding hydrogens is 298 g/mol. The monoisotopic (exact) mass is 315 g/mol. The molecule has 108 valence electrons. The normalized spacial score (nSPS) is 12.5. The van der Waals surface area contributed by atoms with Crippen LogP contribution in [0.25, 0.3) is 11.3 Å². The molecular formula is C16H17N3S2. The fraction of sp³-hybridized carbons (Fsp3) is 0.250. The molecule has 0 radical (unpaired) electrons. The first-order valence-corrected chi connectivity index (χ1v) is 8.57. The molecule has 0 saturated heterocycles. The molecule has 0 aliphatic heterocycles. The quantitative estimate of drug-likeness (QED) is 0.757. The maximum atomic E-state index is 4.69. The highest BCUT2D eigenvalue weighted by molar-refractivity contribution is 7.11. The summed E-state index contributed by atoms with van der Waals surface area (Å²) in [5.41, 5.74) is 2.22. The average Bonchev–Trinajstić information content (AvgIpc) is 3.15. The molecule has 5 heteroatoms. The zero-order valence-corrected chi connectivity index (χ0v) is 13.7. The first-order chi connectivity index (χ1) is 10.2. The van der Waals surface area contributed by atoms with Gasteiger partial charge in [-0.1, -0.05) is 30.3 Å². The lowest BCUT2D eigenvalue weighted by molar-refractivity contribution is 0.570.